The maximum Gasteiger partial charge on any atom is 0.269 e. The number of nitrogens with one attached hydrogen (secondary N) is 2. The van der Waals surface area contributed by atoms with E-state index in [0.29, 0.717) is 22.4 Å². The third-order valence-electron chi connectivity index (χ3n) is 3.85. The first-order chi connectivity index (χ1) is 12.3. The molecule has 0 aliphatic heterocycles. The number of nitrogens with zero attached hydrogens (tertiary/aromatic N) is 1. The normalized spacial score (nSPS) is 9.88. The van der Waals surface area contributed by atoms with E-state index in [4.69, 9.17) is 21.6 Å². The predicted octanol–water partition coefficient (Wildman–Crippen LogP) is 3.52. The highest BCUT2D eigenvalue weighted by Crippen LogP contribution is 2.43. The number of carbonyl (C=O) groups is 1. The fraction of sp³-hybridized carbons (Fsp3) is 0.278. The van der Waals surface area contributed by atoms with Gasteiger partial charge in [-0.1, -0.05) is 6.07 Å². The smallest absolute Gasteiger partial charge is 0.269 e. The maximum atomic E-state index is 11.8. The molecule has 0 aliphatic rings. The van der Waals surface area contributed by atoms with Gasteiger partial charge in [-0.15, -0.1) is 0 Å². The molecule has 1 amide bonds. The second-order valence-corrected chi connectivity index (χ2v) is 6.18. The van der Waals surface area contributed by atoms with Crippen LogP contribution in [-0.4, -0.2) is 31.3 Å². The predicted molar refractivity (Wildman–Crippen MR) is 110 cm³/mol. The monoisotopic (exact) mass is 421 g/mol. The quantitative estimate of drug-likeness (QED) is 0.549. The number of primary amides is 1. The molecule has 7 nitrogen and oxygen atoms in total. The van der Waals surface area contributed by atoms with Gasteiger partial charge in [-0.2, -0.15) is 0 Å². The number of aromatic nitrogens is 1. The first kappa shape index (κ1) is 21.4. The molecule has 0 fully saturated rings. The molecule has 6 N–H and O–H groups in total. The Hall–Kier alpha value is -2.61. The molecule has 0 saturated carbocycles. The molecule has 0 bridgehead atoms. The SMILES string of the molecule is C=N.CCNc1nc(C(N)=O)c(N)c(-c2c(C)ccc(OC)c2C)c1Br. The lowest BCUT2D eigenvalue weighted by Crippen LogP contribution is -2.18. The van der Waals surface area contributed by atoms with Gasteiger partial charge >= 0.3 is 0 Å². The number of nitrogens with two attached hydrogens (primary N) is 2. The molecule has 2 rings (SSSR count). The van der Waals surface area contributed by atoms with Crippen LogP contribution < -0.4 is 21.5 Å². The third-order valence-corrected chi connectivity index (χ3v) is 4.62. The first-order valence-electron chi connectivity index (χ1n) is 7.85. The van der Waals surface area contributed by atoms with Crippen molar-refractivity contribution in [2.24, 2.45) is 5.73 Å². The van der Waals surface area contributed by atoms with Gasteiger partial charge < -0.3 is 26.9 Å². The topological polar surface area (TPSA) is 127 Å². The Morgan fingerprint density at radius 2 is 1.96 bits per heavy atom. The van der Waals surface area contributed by atoms with Crippen molar-refractivity contribution in [2.75, 3.05) is 24.7 Å². The van der Waals surface area contributed by atoms with Crippen LogP contribution in [0.2, 0.25) is 0 Å². The minimum atomic E-state index is -0.668. The van der Waals surface area contributed by atoms with Crippen LogP contribution in [0.3, 0.4) is 0 Å². The first-order valence-corrected chi connectivity index (χ1v) is 8.65. The zero-order valence-electron chi connectivity index (χ0n) is 15.4. The van der Waals surface area contributed by atoms with E-state index in [-0.39, 0.29) is 11.4 Å². The molecule has 0 unspecified atom stereocenters. The minimum absolute atomic E-state index is 0.0470. The van der Waals surface area contributed by atoms with E-state index < -0.39 is 5.91 Å². The van der Waals surface area contributed by atoms with Crippen LogP contribution >= 0.6 is 15.9 Å². The lowest BCUT2D eigenvalue weighted by molar-refractivity contribution is 0.0996. The highest BCUT2D eigenvalue weighted by Gasteiger charge is 2.23. The number of pyridine rings is 1. The summed E-state index contributed by atoms with van der Waals surface area (Å²) in [6.07, 6.45) is 0. The van der Waals surface area contributed by atoms with Crippen molar-refractivity contribution in [3.05, 3.63) is 33.4 Å². The zero-order chi connectivity index (χ0) is 20.0. The van der Waals surface area contributed by atoms with E-state index in [1.54, 1.807) is 7.11 Å². The number of benzene rings is 1. The van der Waals surface area contributed by atoms with Gasteiger partial charge in [-0.3, -0.25) is 4.79 Å². The second-order valence-electron chi connectivity index (χ2n) is 5.39. The number of hydrogen-bond acceptors (Lipinski definition) is 6. The molecular weight excluding hydrogens is 398 g/mol. The third kappa shape index (κ3) is 3.96. The van der Waals surface area contributed by atoms with Crippen LogP contribution in [0.4, 0.5) is 11.5 Å². The number of nitrogen functional groups attached to an aromatic ring is 1. The number of ether oxygens (including phenoxy) is 1. The van der Waals surface area contributed by atoms with Crippen LogP contribution in [0.1, 0.15) is 28.5 Å². The lowest BCUT2D eigenvalue weighted by atomic mass is 9.93. The number of carbonyl (C=O) groups excluding carboxylic acids is 1. The second kappa shape index (κ2) is 9.19. The molecule has 0 aliphatic carbocycles. The summed E-state index contributed by atoms with van der Waals surface area (Å²) >= 11 is 3.57. The van der Waals surface area contributed by atoms with E-state index in [0.717, 1.165) is 22.4 Å². The fourth-order valence-corrected chi connectivity index (χ4v) is 3.37. The van der Waals surface area contributed by atoms with Crippen molar-refractivity contribution >= 4 is 40.1 Å². The number of rotatable bonds is 5. The zero-order valence-corrected chi connectivity index (χ0v) is 17.0. The van der Waals surface area contributed by atoms with Crippen LogP contribution in [0.15, 0.2) is 16.6 Å². The summed E-state index contributed by atoms with van der Waals surface area (Å²) in [5.41, 5.74) is 15.5. The molecule has 0 spiro atoms. The number of hydrogen-bond donors (Lipinski definition) is 4. The van der Waals surface area contributed by atoms with Crippen LogP contribution in [0.25, 0.3) is 11.1 Å². The van der Waals surface area contributed by atoms with Crippen molar-refractivity contribution in [1.29, 1.82) is 5.41 Å². The van der Waals surface area contributed by atoms with Crippen LogP contribution in [0, 0.1) is 19.3 Å². The van der Waals surface area contributed by atoms with E-state index in [9.17, 15) is 4.79 Å². The summed E-state index contributed by atoms with van der Waals surface area (Å²) in [5, 5.41) is 8.62. The molecule has 140 valence electrons. The van der Waals surface area contributed by atoms with Crippen molar-refractivity contribution in [1.82, 2.24) is 4.98 Å². The number of methoxy groups -OCH3 is 1. The minimum Gasteiger partial charge on any atom is -0.496 e. The van der Waals surface area contributed by atoms with Gasteiger partial charge in [0.2, 0.25) is 0 Å². The average Bonchev–Trinajstić information content (AvgIpc) is 2.61. The fourth-order valence-electron chi connectivity index (χ4n) is 2.73. The summed E-state index contributed by atoms with van der Waals surface area (Å²) in [7, 11) is 1.62. The van der Waals surface area contributed by atoms with Gasteiger partial charge in [0.1, 0.15) is 11.6 Å². The number of amides is 1. The van der Waals surface area contributed by atoms with Gasteiger partial charge in [-0.25, -0.2) is 4.98 Å². The van der Waals surface area contributed by atoms with Crippen LogP contribution in [0.5, 0.6) is 5.75 Å². The summed E-state index contributed by atoms with van der Waals surface area (Å²) in [4.78, 5) is 16.0. The van der Waals surface area contributed by atoms with E-state index in [1.165, 1.54) is 0 Å². The summed E-state index contributed by atoms with van der Waals surface area (Å²) < 4.78 is 6.10. The Kier molecular flexibility index (Phi) is 7.57. The molecule has 0 atom stereocenters. The maximum absolute atomic E-state index is 11.8. The van der Waals surface area contributed by atoms with Gasteiger partial charge in [0.15, 0.2) is 5.69 Å². The molecule has 1 aromatic heterocycles. The average molecular weight is 422 g/mol. The Morgan fingerprint density at radius 3 is 2.46 bits per heavy atom. The van der Waals surface area contributed by atoms with Crippen molar-refractivity contribution in [2.45, 2.75) is 20.8 Å². The molecule has 8 heteroatoms. The largest absolute Gasteiger partial charge is 0.496 e. The number of halogens is 1. The van der Waals surface area contributed by atoms with Crippen molar-refractivity contribution in [3.63, 3.8) is 0 Å². The highest BCUT2D eigenvalue weighted by atomic mass is 79.9. The Morgan fingerprint density at radius 1 is 1.35 bits per heavy atom. The van der Waals surface area contributed by atoms with Crippen molar-refractivity contribution in [3.8, 4) is 16.9 Å². The summed E-state index contributed by atoms with van der Waals surface area (Å²) in [5.74, 6) is 0.597. The van der Waals surface area contributed by atoms with Gasteiger partial charge in [0, 0.05) is 12.1 Å². The molecular formula is C18H24BrN5O2. The highest BCUT2D eigenvalue weighted by molar-refractivity contribution is 9.10. The van der Waals surface area contributed by atoms with Crippen molar-refractivity contribution < 1.29 is 9.53 Å². The lowest BCUT2D eigenvalue weighted by Gasteiger charge is -2.20. The molecule has 1 aromatic carbocycles. The Bertz CT molecular complexity index is 824. The summed E-state index contributed by atoms with van der Waals surface area (Å²) in [6.45, 7) is 9.01. The van der Waals surface area contributed by atoms with Gasteiger partial charge in [-0.05, 0) is 66.2 Å². The molecule has 1 heterocycles. The van der Waals surface area contributed by atoms with E-state index >= 15 is 0 Å². The Balaban J connectivity index is 0.00000163. The standard InChI is InChI=1S/C17H21BrN4O2.CH3N/c1-5-21-17-13(18)12(14(19)15(22-17)16(20)23)11-8(2)6-7-10(24-4)9(11)3;1-2/h6-7H,5,19H2,1-4H3,(H2,20,23)(H,21,22);2H,1H2. The van der Waals surface area contributed by atoms with Gasteiger partial charge in [0.25, 0.3) is 5.91 Å². The number of anilines is 2. The van der Waals surface area contributed by atoms with Crippen LogP contribution in [-0.2, 0) is 0 Å². The molecule has 0 saturated heterocycles. The molecule has 0 radical (unpaired) electrons. The Labute approximate surface area is 161 Å². The molecule has 2 aromatic rings. The molecule has 26 heavy (non-hydrogen) atoms. The van der Waals surface area contributed by atoms with E-state index in [1.807, 2.05) is 32.9 Å². The number of aryl methyl sites for hydroxylation is 1. The van der Waals surface area contributed by atoms with Gasteiger partial charge in [0.05, 0.1) is 17.3 Å². The van der Waals surface area contributed by atoms with E-state index in [2.05, 4.69) is 32.9 Å². The summed E-state index contributed by atoms with van der Waals surface area (Å²) in [6, 6.07) is 3.85.